The molecule has 0 aromatic heterocycles. The van der Waals surface area contributed by atoms with Crippen molar-refractivity contribution in [2.75, 3.05) is 0 Å². The Morgan fingerprint density at radius 2 is 0.639 bits per heavy atom. The molecule has 2 heteroatoms. The van der Waals surface area contributed by atoms with E-state index in [1.54, 1.807) is 37.4 Å². The van der Waals surface area contributed by atoms with Gasteiger partial charge in [0, 0.05) is 0 Å². The first kappa shape index (κ1) is 32.5. The summed E-state index contributed by atoms with van der Waals surface area (Å²) in [6.45, 7) is 14.5. The summed E-state index contributed by atoms with van der Waals surface area (Å²) in [5.41, 5.74) is 0. The molecule has 0 nitrogen and oxygen atoms in total. The molecule has 0 heterocycles. The Labute approximate surface area is 234 Å². The molecule has 0 radical (unpaired) electrons. The summed E-state index contributed by atoms with van der Waals surface area (Å²) in [4.78, 5) is 0. The molecule has 0 bridgehead atoms. The zero-order valence-corrected chi connectivity index (χ0v) is 30.9. The fraction of sp³-hybridized carbons (Fsp3) is 0.706. The van der Waals surface area contributed by atoms with E-state index < -0.39 is 36.8 Å². The Balaban J connectivity index is 2.77. The second-order valence-corrected chi connectivity index (χ2v) is 38.1. The first-order chi connectivity index (χ1) is 17.6. The maximum atomic E-state index is 2.78. The van der Waals surface area contributed by atoms with Gasteiger partial charge in [-0.2, -0.15) is 0 Å². The third-order valence-corrected chi connectivity index (χ3v) is 40.6. The average Bonchev–Trinajstić information content (AvgIpc) is 2.92. The molecule has 0 aliphatic carbocycles. The zero-order chi connectivity index (χ0) is 26.3. The van der Waals surface area contributed by atoms with Crippen LogP contribution >= 0.6 is 0 Å². The molecule has 0 amide bonds. The van der Waals surface area contributed by atoms with Crippen LogP contribution in [0.15, 0.2) is 36.4 Å². The number of fused-ring (bicyclic) bond motifs is 1. The quantitative estimate of drug-likeness (QED) is 0.120. The molecule has 204 valence electrons. The van der Waals surface area contributed by atoms with Gasteiger partial charge in [0.15, 0.2) is 0 Å². The summed E-state index contributed by atoms with van der Waals surface area (Å²) in [5.74, 6) is 0. The van der Waals surface area contributed by atoms with Gasteiger partial charge in [0.05, 0.1) is 0 Å². The minimum atomic E-state index is -2.50. The molecule has 0 saturated heterocycles. The van der Waals surface area contributed by atoms with E-state index in [1.165, 1.54) is 77.0 Å². The van der Waals surface area contributed by atoms with Gasteiger partial charge in [0.25, 0.3) is 0 Å². The maximum absolute atomic E-state index is 2.78. The molecule has 0 saturated carbocycles. The minimum absolute atomic E-state index is 1.36. The molecule has 0 aliphatic heterocycles. The normalized spacial score (nSPS) is 12.5. The second kappa shape index (κ2) is 17.8. The molecule has 2 rings (SSSR count). The van der Waals surface area contributed by atoms with Crippen LogP contribution in [0.1, 0.15) is 119 Å². The van der Waals surface area contributed by atoms with Gasteiger partial charge in [-0.3, -0.25) is 0 Å². The summed E-state index contributed by atoms with van der Waals surface area (Å²) < 4.78 is 13.3. The molecule has 2 aromatic rings. The molecule has 0 unspecified atom stereocenters. The van der Waals surface area contributed by atoms with Crippen LogP contribution < -0.4 is 7.16 Å². The van der Waals surface area contributed by atoms with Crippen molar-refractivity contribution in [1.82, 2.24) is 0 Å². The summed E-state index contributed by atoms with van der Waals surface area (Å²) in [6.07, 6.45) is 16.9. The van der Waals surface area contributed by atoms with Crippen LogP contribution in [0.3, 0.4) is 0 Å². The van der Waals surface area contributed by atoms with Crippen LogP contribution in [-0.2, 0) is 0 Å². The molecule has 0 fully saturated rings. The van der Waals surface area contributed by atoms with Gasteiger partial charge in [-0.15, -0.1) is 0 Å². The monoisotopic (exact) mass is 708 g/mol. The summed E-state index contributed by atoms with van der Waals surface area (Å²) in [5, 5.41) is 3.44. The van der Waals surface area contributed by atoms with Gasteiger partial charge < -0.3 is 0 Å². The molecule has 0 spiro atoms. The van der Waals surface area contributed by atoms with Crippen LogP contribution in [0.4, 0.5) is 0 Å². The number of hydrogen-bond acceptors (Lipinski definition) is 0. The van der Waals surface area contributed by atoms with Crippen LogP contribution in [0.25, 0.3) is 10.8 Å². The first-order valence-electron chi connectivity index (χ1n) is 16.1. The fourth-order valence-corrected chi connectivity index (χ4v) is 40.4. The van der Waals surface area contributed by atoms with E-state index in [4.69, 9.17) is 0 Å². The van der Waals surface area contributed by atoms with Crippen LogP contribution in [0.5, 0.6) is 0 Å². The van der Waals surface area contributed by atoms with E-state index in [9.17, 15) is 0 Å². The van der Waals surface area contributed by atoms with Crippen molar-refractivity contribution in [3.05, 3.63) is 36.4 Å². The summed E-state index contributed by atoms with van der Waals surface area (Å²) in [7, 11) is 0. The SMILES string of the molecule is CCC[CH2][Sn]([CH2]CCC)([CH2]CCC)[c]1cc[c]([Sn]([CH2]CCC)([CH2]CCC)[CH2]CCC)c2ccccc12. The van der Waals surface area contributed by atoms with E-state index in [0.29, 0.717) is 0 Å². The molecule has 0 atom stereocenters. The second-order valence-electron chi connectivity index (χ2n) is 11.9. The molecular weight excluding hydrogens is 646 g/mol. The molecular formula is C34H60Sn2. The third kappa shape index (κ3) is 8.65. The van der Waals surface area contributed by atoms with Crippen molar-refractivity contribution in [2.45, 2.75) is 145 Å². The first-order valence-corrected chi connectivity index (χ1v) is 31.1. The zero-order valence-electron chi connectivity index (χ0n) is 25.2. The van der Waals surface area contributed by atoms with Gasteiger partial charge in [0.2, 0.25) is 0 Å². The predicted molar refractivity (Wildman–Crippen MR) is 173 cm³/mol. The number of rotatable bonds is 20. The van der Waals surface area contributed by atoms with Crippen LogP contribution in [0, 0.1) is 0 Å². The predicted octanol–water partition coefficient (Wildman–Crippen LogP) is 11.0. The Morgan fingerprint density at radius 3 is 0.861 bits per heavy atom. The summed E-state index contributed by atoms with van der Waals surface area (Å²) in [6, 6.07) is 15.4. The summed E-state index contributed by atoms with van der Waals surface area (Å²) >= 11 is -5.00. The Kier molecular flexibility index (Phi) is 16.1. The van der Waals surface area contributed by atoms with Crippen LogP contribution in [0.2, 0.25) is 26.6 Å². The van der Waals surface area contributed by atoms with Gasteiger partial charge in [0.1, 0.15) is 0 Å². The van der Waals surface area contributed by atoms with Crippen LogP contribution in [-0.4, -0.2) is 36.8 Å². The van der Waals surface area contributed by atoms with Crippen molar-refractivity contribution in [3.63, 3.8) is 0 Å². The van der Waals surface area contributed by atoms with Gasteiger partial charge in [-0.25, -0.2) is 0 Å². The average molecular weight is 706 g/mol. The third-order valence-electron chi connectivity index (χ3n) is 9.12. The Bertz CT molecular complexity index is 741. The van der Waals surface area contributed by atoms with Crippen molar-refractivity contribution in [3.8, 4) is 0 Å². The van der Waals surface area contributed by atoms with E-state index in [-0.39, 0.29) is 0 Å². The van der Waals surface area contributed by atoms with E-state index >= 15 is 0 Å². The Hall–Kier alpha value is 0.297. The van der Waals surface area contributed by atoms with Gasteiger partial charge in [-0.05, 0) is 0 Å². The number of hydrogen-bond donors (Lipinski definition) is 0. The standard InChI is InChI=1S/C10H6.6C4H9.2Sn/c1-2-6-10-8-4-3-7-9(10)5-1;6*1-3-4-2;;/h1-6H;6*1,3-4H2,2H3;;. The van der Waals surface area contributed by atoms with Crippen molar-refractivity contribution in [2.24, 2.45) is 0 Å². The molecule has 2 aromatic carbocycles. The topological polar surface area (TPSA) is 0 Å². The Morgan fingerprint density at radius 1 is 0.389 bits per heavy atom. The number of benzene rings is 2. The van der Waals surface area contributed by atoms with Gasteiger partial charge in [-0.1, -0.05) is 0 Å². The van der Waals surface area contributed by atoms with E-state index in [1.807, 2.05) is 7.16 Å². The molecule has 36 heavy (non-hydrogen) atoms. The van der Waals surface area contributed by atoms with Gasteiger partial charge >= 0.3 is 236 Å². The molecule has 0 N–H and O–H groups in total. The van der Waals surface area contributed by atoms with E-state index in [0.717, 1.165) is 0 Å². The fourth-order valence-electron chi connectivity index (χ4n) is 6.87. The molecule has 0 aliphatic rings. The van der Waals surface area contributed by atoms with Crippen molar-refractivity contribution in [1.29, 1.82) is 0 Å². The van der Waals surface area contributed by atoms with Crippen molar-refractivity contribution < 1.29 is 0 Å². The number of unbranched alkanes of at least 4 members (excludes halogenated alkanes) is 6. The van der Waals surface area contributed by atoms with Crippen molar-refractivity contribution >= 4 is 54.7 Å². The van der Waals surface area contributed by atoms with E-state index in [2.05, 4.69) is 77.9 Å².